The van der Waals surface area contributed by atoms with Crippen LogP contribution in [0.3, 0.4) is 0 Å². The maximum atomic E-state index is 13.0. The molecule has 2 aliphatic rings. The van der Waals surface area contributed by atoms with Gasteiger partial charge < -0.3 is 15.1 Å². The van der Waals surface area contributed by atoms with E-state index in [0.29, 0.717) is 51.5 Å². The zero-order valence-electron chi connectivity index (χ0n) is 17.4. The molecule has 0 unspecified atom stereocenters. The highest BCUT2D eigenvalue weighted by Crippen LogP contribution is 2.31. The Bertz CT molecular complexity index is 844. The second kappa shape index (κ2) is 11.0. The van der Waals surface area contributed by atoms with E-state index in [2.05, 4.69) is 20.1 Å². The van der Waals surface area contributed by atoms with E-state index in [0.717, 1.165) is 18.6 Å². The first-order valence-electron chi connectivity index (χ1n) is 9.98. The Kier molecular flexibility index (Phi) is 9.25. The summed E-state index contributed by atoms with van der Waals surface area (Å²) in [6.07, 6.45) is -4.34. The molecule has 0 amide bonds. The predicted octanol–water partition coefficient (Wildman–Crippen LogP) is 1.75. The molecule has 1 aromatic carbocycles. The number of halogens is 4. The van der Waals surface area contributed by atoms with Crippen molar-refractivity contribution in [1.82, 2.24) is 15.1 Å². The van der Waals surface area contributed by atoms with E-state index < -0.39 is 21.6 Å². The van der Waals surface area contributed by atoms with E-state index in [4.69, 9.17) is 0 Å². The van der Waals surface area contributed by atoms with Crippen LogP contribution >= 0.6 is 24.0 Å². The monoisotopic (exact) mass is 575 g/mol. The van der Waals surface area contributed by atoms with Gasteiger partial charge in [-0.2, -0.15) is 13.2 Å². The van der Waals surface area contributed by atoms with Crippen molar-refractivity contribution in [1.29, 1.82) is 0 Å². The van der Waals surface area contributed by atoms with E-state index in [9.17, 15) is 21.6 Å². The summed E-state index contributed by atoms with van der Waals surface area (Å²) in [6.45, 7) is 5.00. The number of benzene rings is 1. The first-order valence-corrected chi connectivity index (χ1v) is 11.8. The molecule has 2 saturated heterocycles. The summed E-state index contributed by atoms with van der Waals surface area (Å²) in [5.41, 5.74) is -0.0575. The van der Waals surface area contributed by atoms with Gasteiger partial charge in [-0.25, -0.2) is 8.42 Å². The molecular formula is C19H29F3IN5O2S. The molecule has 0 spiro atoms. The first kappa shape index (κ1) is 26.0. The lowest BCUT2D eigenvalue weighted by Gasteiger charge is -2.38. The summed E-state index contributed by atoms with van der Waals surface area (Å²) >= 11 is 0. The van der Waals surface area contributed by atoms with Gasteiger partial charge in [-0.1, -0.05) is 6.07 Å². The third-order valence-corrected chi connectivity index (χ3v) is 7.09. The molecule has 0 aliphatic carbocycles. The van der Waals surface area contributed by atoms with Gasteiger partial charge in [0, 0.05) is 65.1 Å². The summed E-state index contributed by atoms with van der Waals surface area (Å²) in [6, 6.07) is 5.43. The van der Waals surface area contributed by atoms with Gasteiger partial charge in [-0.05, 0) is 18.2 Å². The summed E-state index contributed by atoms with van der Waals surface area (Å²) in [4.78, 5) is 10.5. The maximum absolute atomic E-state index is 13.0. The summed E-state index contributed by atoms with van der Waals surface area (Å²) in [5.74, 6) is 1.17. The molecule has 1 N–H and O–H groups in total. The summed E-state index contributed by atoms with van der Waals surface area (Å²) in [7, 11) is -1.18. The molecule has 2 aliphatic heterocycles. The molecule has 0 atom stereocenters. The van der Waals surface area contributed by atoms with Crippen LogP contribution in [0.25, 0.3) is 0 Å². The van der Waals surface area contributed by atoms with Gasteiger partial charge in [0.15, 0.2) is 15.8 Å². The van der Waals surface area contributed by atoms with Crippen molar-refractivity contribution >= 4 is 45.5 Å². The first-order chi connectivity index (χ1) is 14.2. The van der Waals surface area contributed by atoms with Crippen molar-refractivity contribution in [2.24, 2.45) is 4.99 Å². The number of nitrogens with one attached hydrogen (secondary N) is 1. The van der Waals surface area contributed by atoms with Crippen molar-refractivity contribution in [3.8, 4) is 0 Å². The lowest BCUT2D eigenvalue weighted by atomic mass is 10.1. The van der Waals surface area contributed by atoms with Crippen molar-refractivity contribution in [3.05, 3.63) is 29.8 Å². The number of hydrogen-bond acceptors (Lipinski definition) is 5. The van der Waals surface area contributed by atoms with Gasteiger partial charge in [0.25, 0.3) is 0 Å². The molecule has 12 heteroatoms. The standard InChI is InChI=1S/C19H28F3N5O2S.HI/c1-23-18(24-5-6-25-11-13-30(28,29)14-12-25)27-9-7-26(8-10-27)17-4-2-3-16(15-17)19(20,21)22;/h2-4,15H,5-14H2,1H3,(H,23,24);1H. The summed E-state index contributed by atoms with van der Waals surface area (Å²) in [5, 5.41) is 3.31. The lowest BCUT2D eigenvalue weighted by Crippen LogP contribution is -2.53. The lowest BCUT2D eigenvalue weighted by molar-refractivity contribution is -0.137. The van der Waals surface area contributed by atoms with Crippen molar-refractivity contribution in [2.75, 3.05) is 75.8 Å². The fourth-order valence-electron chi connectivity index (χ4n) is 3.69. The number of alkyl halides is 3. The molecule has 0 saturated carbocycles. The molecular weight excluding hydrogens is 546 g/mol. The van der Waals surface area contributed by atoms with Crippen LogP contribution in [0.2, 0.25) is 0 Å². The molecule has 3 rings (SSSR count). The Balaban J connectivity index is 0.00000341. The summed E-state index contributed by atoms with van der Waals surface area (Å²) < 4.78 is 61.9. The molecule has 31 heavy (non-hydrogen) atoms. The number of aliphatic imine (C=N–C) groups is 1. The van der Waals surface area contributed by atoms with Gasteiger partial charge in [-0.3, -0.25) is 9.89 Å². The Morgan fingerprint density at radius 2 is 1.74 bits per heavy atom. The van der Waals surface area contributed by atoms with Gasteiger partial charge in [0.1, 0.15) is 0 Å². The smallest absolute Gasteiger partial charge is 0.368 e. The number of rotatable bonds is 4. The average molecular weight is 575 g/mol. The average Bonchev–Trinajstić information content (AvgIpc) is 2.72. The van der Waals surface area contributed by atoms with E-state index in [1.54, 1.807) is 13.1 Å². The number of piperazine rings is 1. The fraction of sp³-hybridized carbons (Fsp3) is 0.632. The third kappa shape index (κ3) is 7.38. The minimum atomic E-state index is -4.34. The number of guanidine groups is 1. The van der Waals surface area contributed by atoms with Gasteiger partial charge >= 0.3 is 6.18 Å². The Labute approximate surface area is 198 Å². The van der Waals surface area contributed by atoms with Crippen molar-refractivity contribution in [3.63, 3.8) is 0 Å². The van der Waals surface area contributed by atoms with E-state index in [-0.39, 0.29) is 35.5 Å². The molecule has 0 radical (unpaired) electrons. The van der Waals surface area contributed by atoms with E-state index in [1.165, 1.54) is 12.1 Å². The Morgan fingerprint density at radius 3 is 2.32 bits per heavy atom. The van der Waals surface area contributed by atoms with Crippen LogP contribution in [-0.4, -0.2) is 95.1 Å². The zero-order chi connectivity index (χ0) is 21.8. The zero-order valence-corrected chi connectivity index (χ0v) is 20.6. The Morgan fingerprint density at radius 1 is 1.10 bits per heavy atom. The van der Waals surface area contributed by atoms with Gasteiger partial charge in [-0.15, -0.1) is 24.0 Å². The van der Waals surface area contributed by atoms with Crippen LogP contribution in [0.15, 0.2) is 29.3 Å². The SMILES string of the molecule is CN=C(NCCN1CCS(=O)(=O)CC1)N1CCN(c2cccc(C(F)(F)F)c2)CC1.I. The van der Waals surface area contributed by atoms with E-state index in [1.807, 2.05) is 4.90 Å². The second-order valence-electron chi connectivity index (χ2n) is 7.49. The van der Waals surface area contributed by atoms with Gasteiger partial charge in [0.05, 0.1) is 17.1 Å². The number of hydrogen-bond donors (Lipinski definition) is 1. The highest BCUT2D eigenvalue weighted by atomic mass is 127. The van der Waals surface area contributed by atoms with E-state index >= 15 is 0 Å². The highest BCUT2D eigenvalue weighted by molar-refractivity contribution is 14.0. The molecule has 176 valence electrons. The van der Waals surface area contributed by atoms with Crippen LogP contribution < -0.4 is 10.2 Å². The van der Waals surface area contributed by atoms with Gasteiger partial charge in [0.2, 0.25) is 0 Å². The fourth-order valence-corrected chi connectivity index (χ4v) is 4.96. The molecule has 2 heterocycles. The largest absolute Gasteiger partial charge is 0.416 e. The number of anilines is 1. The molecule has 7 nitrogen and oxygen atoms in total. The third-order valence-electron chi connectivity index (χ3n) is 5.48. The minimum Gasteiger partial charge on any atom is -0.368 e. The highest BCUT2D eigenvalue weighted by Gasteiger charge is 2.31. The molecule has 1 aromatic rings. The van der Waals surface area contributed by atoms with Crippen molar-refractivity contribution < 1.29 is 21.6 Å². The number of nitrogens with zero attached hydrogens (tertiary/aromatic N) is 4. The molecule has 0 bridgehead atoms. The topological polar surface area (TPSA) is 68.2 Å². The molecule has 0 aromatic heterocycles. The predicted molar refractivity (Wildman–Crippen MR) is 127 cm³/mol. The maximum Gasteiger partial charge on any atom is 0.416 e. The van der Waals surface area contributed by atoms with Crippen LogP contribution in [0.1, 0.15) is 5.56 Å². The van der Waals surface area contributed by atoms with Crippen LogP contribution in [0, 0.1) is 0 Å². The quantitative estimate of drug-likeness (QED) is 0.336. The number of sulfone groups is 1. The normalized spacial score (nSPS) is 20.3. The minimum absolute atomic E-state index is 0. The van der Waals surface area contributed by atoms with Crippen LogP contribution in [-0.2, 0) is 16.0 Å². The van der Waals surface area contributed by atoms with Crippen LogP contribution in [0.5, 0.6) is 0 Å². The van der Waals surface area contributed by atoms with Crippen molar-refractivity contribution in [2.45, 2.75) is 6.18 Å². The Hall–Kier alpha value is -1.28. The second-order valence-corrected chi connectivity index (χ2v) is 9.79. The van der Waals surface area contributed by atoms with Crippen LogP contribution in [0.4, 0.5) is 18.9 Å². The molecule has 2 fully saturated rings.